The molecule has 2 aromatic carbocycles. The van der Waals surface area contributed by atoms with Gasteiger partial charge in [0.2, 0.25) is 0 Å². The quantitative estimate of drug-likeness (QED) is 0.714. The lowest BCUT2D eigenvalue weighted by Crippen LogP contribution is -2.40. The van der Waals surface area contributed by atoms with Crippen molar-refractivity contribution in [1.29, 1.82) is 0 Å². The molecule has 2 heterocycles. The molecular weight excluding hydrogens is 338 g/mol. The van der Waals surface area contributed by atoms with E-state index in [1.165, 1.54) is 5.56 Å². The molecule has 1 aromatic heterocycles. The van der Waals surface area contributed by atoms with Crippen LogP contribution in [-0.4, -0.2) is 46.9 Å². The Kier molecular flexibility index (Phi) is 5.03. The molecule has 1 aliphatic heterocycles. The van der Waals surface area contributed by atoms with Crippen LogP contribution >= 0.6 is 0 Å². The summed E-state index contributed by atoms with van der Waals surface area (Å²) in [6.07, 6.45) is 2.83. The monoisotopic (exact) mass is 361 g/mol. The molecule has 1 aliphatic rings. The Labute approximate surface area is 159 Å². The summed E-state index contributed by atoms with van der Waals surface area (Å²) in [6, 6.07) is 18.2. The van der Waals surface area contributed by atoms with E-state index in [2.05, 4.69) is 19.1 Å². The second kappa shape index (κ2) is 7.76. The molecule has 0 N–H and O–H groups in total. The van der Waals surface area contributed by atoms with E-state index in [-0.39, 0.29) is 5.91 Å². The molecule has 0 aliphatic carbocycles. The van der Waals surface area contributed by atoms with Crippen LogP contribution in [0.4, 0.5) is 0 Å². The molecule has 0 unspecified atom stereocenters. The fourth-order valence-electron chi connectivity index (χ4n) is 3.29. The van der Waals surface area contributed by atoms with E-state index in [0.717, 1.165) is 23.4 Å². The van der Waals surface area contributed by atoms with Crippen LogP contribution in [0.15, 0.2) is 60.8 Å². The Morgan fingerprint density at radius 3 is 2.41 bits per heavy atom. The van der Waals surface area contributed by atoms with Crippen molar-refractivity contribution < 1.29 is 9.53 Å². The van der Waals surface area contributed by atoms with Crippen LogP contribution < -0.4 is 0 Å². The van der Waals surface area contributed by atoms with E-state index in [9.17, 15) is 4.79 Å². The molecule has 138 valence electrons. The Morgan fingerprint density at radius 2 is 1.74 bits per heavy atom. The van der Waals surface area contributed by atoms with Crippen molar-refractivity contribution in [3.63, 3.8) is 0 Å². The van der Waals surface area contributed by atoms with Crippen LogP contribution in [0.2, 0.25) is 0 Å². The van der Waals surface area contributed by atoms with Gasteiger partial charge in [0.1, 0.15) is 5.69 Å². The largest absolute Gasteiger partial charge is 0.378 e. The van der Waals surface area contributed by atoms with Gasteiger partial charge in [-0.3, -0.25) is 4.79 Å². The van der Waals surface area contributed by atoms with Gasteiger partial charge in [0, 0.05) is 24.8 Å². The van der Waals surface area contributed by atoms with Crippen LogP contribution in [0.3, 0.4) is 0 Å². The molecule has 0 spiro atoms. The average Bonchev–Trinajstić information content (AvgIpc) is 3.20. The highest BCUT2D eigenvalue weighted by Gasteiger charge is 2.24. The van der Waals surface area contributed by atoms with E-state index >= 15 is 0 Å². The zero-order chi connectivity index (χ0) is 18.6. The summed E-state index contributed by atoms with van der Waals surface area (Å²) in [5.74, 6) is 0.00930. The number of para-hydroxylation sites is 1. The molecule has 0 atom stereocenters. The summed E-state index contributed by atoms with van der Waals surface area (Å²) in [5, 5.41) is 4.76. The molecule has 0 saturated carbocycles. The minimum Gasteiger partial charge on any atom is -0.378 e. The molecule has 0 radical (unpaired) electrons. The molecule has 1 fully saturated rings. The third-order valence-electron chi connectivity index (χ3n) is 4.90. The molecular formula is C22H23N3O2. The van der Waals surface area contributed by atoms with Crippen molar-refractivity contribution in [3.8, 4) is 16.9 Å². The SMILES string of the molecule is CCc1ccc(-c2nn(-c3ccccc3)cc2C(=O)N2CCOCC2)cc1. The third kappa shape index (κ3) is 3.64. The van der Waals surface area contributed by atoms with Crippen molar-refractivity contribution in [2.45, 2.75) is 13.3 Å². The van der Waals surface area contributed by atoms with Crippen molar-refractivity contribution >= 4 is 5.91 Å². The van der Waals surface area contributed by atoms with Gasteiger partial charge in [0.15, 0.2) is 0 Å². The first kappa shape index (κ1) is 17.5. The number of carbonyl (C=O) groups is 1. The second-order valence-electron chi connectivity index (χ2n) is 6.63. The van der Waals surface area contributed by atoms with Gasteiger partial charge in [-0.15, -0.1) is 0 Å². The van der Waals surface area contributed by atoms with E-state index < -0.39 is 0 Å². The minimum absolute atomic E-state index is 0.00930. The molecule has 0 bridgehead atoms. The molecule has 4 rings (SSSR count). The van der Waals surface area contributed by atoms with Gasteiger partial charge >= 0.3 is 0 Å². The number of ether oxygens (including phenoxy) is 1. The van der Waals surface area contributed by atoms with Crippen LogP contribution in [0.5, 0.6) is 0 Å². The molecule has 5 nitrogen and oxygen atoms in total. The number of aromatic nitrogens is 2. The number of aryl methyl sites for hydroxylation is 1. The van der Waals surface area contributed by atoms with E-state index in [4.69, 9.17) is 9.84 Å². The van der Waals surface area contributed by atoms with Gasteiger partial charge in [-0.25, -0.2) is 4.68 Å². The maximum Gasteiger partial charge on any atom is 0.257 e. The maximum absolute atomic E-state index is 13.2. The molecule has 3 aromatic rings. The maximum atomic E-state index is 13.2. The topological polar surface area (TPSA) is 47.4 Å². The van der Waals surface area contributed by atoms with Gasteiger partial charge in [-0.2, -0.15) is 5.10 Å². The number of hydrogen-bond acceptors (Lipinski definition) is 3. The number of nitrogens with zero attached hydrogens (tertiary/aromatic N) is 3. The van der Waals surface area contributed by atoms with Crippen LogP contribution in [0.25, 0.3) is 16.9 Å². The predicted molar refractivity (Wildman–Crippen MR) is 105 cm³/mol. The highest BCUT2D eigenvalue weighted by Crippen LogP contribution is 2.26. The van der Waals surface area contributed by atoms with Crippen LogP contribution in [-0.2, 0) is 11.2 Å². The van der Waals surface area contributed by atoms with Crippen molar-refractivity contribution in [2.75, 3.05) is 26.3 Å². The number of hydrogen-bond donors (Lipinski definition) is 0. The van der Waals surface area contributed by atoms with Crippen LogP contribution in [0.1, 0.15) is 22.8 Å². The first-order valence-electron chi connectivity index (χ1n) is 9.37. The number of benzene rings is 2. The first-order chi connectivity index (χ1) is 13.3. The first-order valence-corrected chi connectivity index (χ1v) is 9.37. The molecule has 27 heavy (non-hydrogen) atoms. The Balaban J connectivity index is 1.77. The Hall–Kier alpha value is -2.92. The van der Waals surface area contributed by atoms with Crippen LogP contribution in [0, 0.1) is 0 Å². The highest BCUT2D eigenvalue weighted by molar-refractivity contribution is 6.00. The lowest BCUT2D eigenvalue weighted by atomic mass is 10.0. The summed E-state index contributed by atoms with van der Waals surface area (Å²) in [7, 11) is 0. The summed E-state index contributed by atoms with van der Waals surface area (Å²) < 4.78 is 7.17. The van der Waals surface area contributed by atoms with Crippen molar-refractivity contribution in [2.24, 2.45) is 0 Å². The fraction of sp³-hybridized carbons (Fsp3) is 0.273. The number of morpholine rings is 1. The van der Waals surface area contributed by atoms with Gasteiger partial charge in [-0.05, 0) is 24.1 Å². The average molecular weight is 361 g/mol. The number of carbonyl (C=O) groups excluding carboxylic acids is 1. The third-order valence-corrected chi connectivity index (χ3v) is 4.90. The highest BCUT2D eigenvalue weighted by atomic mass is 16.5. The normalized spacial score (nSPS) is 14.3. The summed E-state index contributed by atoms with van der Waals surface area (Å²) >= 11 is 0. The van der Waals surface area contributed by atoms with Crippen molar-refractivity contribution in [3.05, 3.63) is 71.9 Å². The van der Waals surface area contributed by atoms with Gasteiger partial charge in [0.25, 0.3) is 5.91 Å². The summed E-state index contributed by atoms with van der Waals surface area (Å²) in [5.41, 5.74) is 4.51. The second-order valence-corrected chi connectivity index (χ2v) is 6.63. The number of rotatable bonds is 4. The van der Waals surface area contributed by atoms with Gasteiger partial charge in [-0.1, -0.05) is 49.4 Å². The Bertz CT molecular complexity index is 910. The zero-order valence-corrected chi connectivity index (χ0v) is 15.5. The summed E-state index contributed by atoms with van der Waals surface area (Å²) in [4.78, 5) is 15.0. The van der Waals surface area contributed by atoms with E-state index in [0.29, 0.717) is 31.9 Å². The smallest absolute Gasteiger partial charge is 0.257 e. The molecule has 1 saturated heterocycles. The van der Waals surface area contributed by atoms with Crippen molar-refractivity contribution in [1.82, 2.24) is 14.7 Å². The molecule has 1 amide bonds. The van der Waals surface area contributed by atoms with E-state index in [1.54, 1.807) is 4.68 Å². The van der Waals surface area contributed by atoms with E-state index in [1.807, 2.05) is 53.6 Å². The lowest BCUT2D eigenvalue weighted by molar-refractivity contribution is 0.0303. The fourth-order valence-corrected chi connectivity index (χ4v) is 3.29. The standard InChI is InChI=1S/C22H23N3O2/c1-2-17-8-10-18(11-9-17)21-20(22(26)24-12-14-27-15-13-24)16-25(23-21)19-6-4-3-5-7-19/h3-11,16H,2,12-15H2,1H3. The Morgan fingerprint density at radius 1 is 1.04 bits per heavy atom. The zero-order valence-electron chi connectivity index (χ0n) is 15.5. The number of amides is 1. The lowest BCUT2D eigenvalue weighted by Gasteiger charge is -2.26. The predicted octanol–water partition coefficient (Wildman–Crippen LogP) is 3.57. The van der Waals surface area contributed by atoms with Gasteiger partial charge < -0.3 is 9.64 Å². The molecule has 5 heteroatoms. The van der Waals surface area contributed by atoms with Gasteiger partial charge in [0.05, 0.1) is 24.5 Å². The summed E-state index contributed by atoms with van der Waals surface area (Å²) in [6.45, 7) is 4.53. The minimum atomic E-state index is 0.00930.